The third-order valence-corrected chi connectivity index (χ3v) is 4.33. The molecule has 0 bridgehead atoms. The molecule has 9 nitrogen and oxygen atoms in total. The van der Waals surface area contributed by atoms with Gasteiger partial charge in [0.1, 0.15) is 0 Å². The van der Waals surface area contributed by atoms with Crippen molar-refractivity contribution in [3.8, 4) is 11.4 Å². The molecule has 3 heterocycles. The zero-order valence-electron chi connectivity index (χ0n) is 16.1. The van der Waals surface area contributed by atoms with Crippen LogP contribution in [0.1, 0.15) is 41.0 Å². The highest BCUT2D eigenvalue weighted by Crippen LogP contribution is 2.14. The van der Waals surface area contributed by atoms with Crippen molar-refractivity contribution in [2.45, 2.75) is 40.2 Å². The molecule has 0 atom stereocenters. The maximum atomic E-state index is 12.1. The molecule has 28 heavy (non-hydrogen) atoms. The van der Waals surface area contributed by atoms with E-state index in [1.807, 2.05) is 13.0 Å². The molecular formula is C19H22N6O3. The van der Waals surface area contributed by atoms with Crippen LogP contribution in [0.2, 0.25) is 0 Å². The molecule has 0 unspecified atom stereocenters. The number of carbonyl (C=O) groups excluding carboxylic acids is 2. The minimum absolute atomic E-state index is 0.0177. The molecule has 0 aliphatic rings. The van der Waals surface area contributed by atoms with E-state index in [-0.39, 0.29) is 18.1 Å². The van der Waals surface area contributed by atoms with Gasteiger partial charge in [-0.2, -0.15) is 10.1 Å². The van der Waals surface area contributed by atoms with E-state index < -0.39 is 0 Å². The van der Waals surface area contributed by atoms with Crippen molar-refractivity contribution in [2.75, 3.05) is 6.54 Å². The molecular weight excluding hydrogens is 360 g/mol. The summed E-state index contributed by atoms with van der Waals surface area (Å²) in [6.45, 7) is 5.96. The van der Waals surface area contributed by atoms with Gasteiger partial charge >= 0.3 is 0 Å². The number of nitrogens with one attached hydrogen (secondary N) is 1. The minimum Gasteiger partial charge on any atom is -0.356 e. The lowest BCUT2D eigenvalue weighted by atomic mass is 10.1. The zero-order valence-corrected chi connectivity index (χ0v) is 16.1. The van der Waals surface area contributed by atoms with Crippen LogP contribution in [-0.2, 0) is 17.8 Å². The van der Waals surface area contributed by atoms with E-state index in [0.717, 1.165) is 11.3 Å². The summed E-state index contributed by atoms with van der Waals surface area (Å²) in [5, 5.41) is 11.1. The van der Waals surface area contributed by atoms with Crippen molar-refractivity contribution in [3.63, 3.8) is 0 Å². The lowest BCUT2D eigenvalue weighted by Crippen LogP contribution is -2.27. The van der Waals surface area contributed by atoms with Crippen LogP contribution in [0.15, 0.2) is 29.0 Å². The SMILES string of the molecule is CC(=O)c1c(C)nn(CCC(=O)NCCc2nc(-c3cccnc3)no2)c1C. The average Bonchev–Trinajstić information content (AvgIpc) is 3.25. The first kappa shape index (κ1) is 19.4. The number of rotatable bonds is 8. The molecule has 0 aromatic carbocycles. The fourth-order valence-electron chi connectivity index (χ4n) is 3.00. The molecule has 3 aromatic rings. The number of ketones is 1. The Hall–Kier alpha value is -3.36. The maximum absolute atomic E-state index is 12.1. The van der Waals surface area contributed by atoms with E-state index in [9.17, 15) is 9.59 Å². The first-order valence-corrected chi connectivity index (χ1v) is 9.00. The molecule has 0 saturated carbocycles. The van der Waals surface area contributed by atoms with Crippen molar-refractivity contribution in [3.05, 3.63) is 47.4 Å². The lowest BCUT2D eigenvalue weighted by molar-refractivity contribution is -0.121. The van der Waals surface area contributed by atoms with Gasteiger partial charge in [-0.3, -0.25) is 19.3 Å². The molecule has 146 valence electrons. The predicted molar refractivity (Wildman–Crippen MR) is 101 cm³/mol. The Morgan fingerprint density at radius 1 is 1.29 bits per heavy atom. The summed E-state index contributed by atoms with van der Waals surface area (Å²) in [4.78, 5) is 32.0. The Morgan fingerprint density at radius 2 is 2.11 bits per heavy atom. The van der Waals surface area contributed by atoms with Crippen LogP contribution in [0.4, 0.5) is 0 Å². The molecule has 0 spiro atoms. The van der Waals surface area contributed by atoms with Crippen LogP contribution >= 0.6 is 0 Å². The molecule has 3 rings (SSSR count). The van der Waals surface area contributed by atoms with Crippen LogP contribution in [0.5, 0.6) is 0 Å². The number of nitrogens with zero attached hydrogens (tertiary/aromatic N) is 5. The van der Waals surface area contributed by atoms with Crippen LogP contribution in [0.3, 0.4) is 0 Å². The van der Waals surface area contributed by atoms with Crippen molar-refractivity contribution >= 4 is 11.7 Å². The largest absolute Gasteiger partial charge is 0.356 e. The normalized spacial score (nSPS) is 10.8. The number of aryl methyl sites for hydroxylation is 2. The standard InChI is InChI=1S/C19H22N6O3/c1-12-18(14(3)26)13(2)25(23-12)10-7-16(27)21-9-6-17-22-19(24-28-17)15-5-4-8-20-11-15/h4-5,8,11H,6-7,9-10H2,1-3H3,(H,21,27). The third-order valence-electron chi connectivity index (χ3n) is 4.33. The van der Waals surface area contributed by atoms with Gasteiger partial charge in [-0.15, -0.1) is 0 Å². The number of aromatic nitrogens is 5. The number of carbonyl (C=O) groups is 2. The number of hydrogen-bond acceptors (Lipinski definition) is 7. The van der Waals surface area contributed by atoms with Crippen LogP contribution < -0.4 is 5.32 Å². The summed E-state index contributed by atoms with van der Waals surface area (Å²) in [6.07, 6.45) is 4.04. The Morgan fingerprint density at radius 3 is 2.79 bits per heavy atom. The van der Waals surface area contributed by atoms with Gasteiger partial charge in [0.2, 0.25) is 17.6 Å². The molecule has 1 amide bonds. The highest BCUT2D eigenvalue weighted by Gasteiger charge is 2.16. The number of amides is 1. The smallest absolute Gasteiger partial charge is 0.228 e. The molecule has 9 heteroatoms. The highest BCUT2D eigenvalue weighted by atomic mass is 16.5. The first-order chi connectivity index (χ1) is 13.5. The maximum Gasteiger partial charge on any atom is 0.228 e. The van der Waals surface area contributed by atoms with E-state index in [1.54, 1.807) is 30.1 Å². The lowest BCUT2D eigenvalue weighted by Gasteiger charge is -2.06. The first-order valence-electron chi connectivity index (χ1n) is 9.00. The van der Waals surface area contributed by atoms with Gasteiger partial charge in [0.15, 0.2) is 5.78 Å². The molecule has 1 N–H and O–H groups in total. The fourth-order valence-corrected chi connectivity index (χ4v) is 3.00. The second kappa shape index (κ2) is 8.55. The van der Waals surface area contributed by atoms with Crippen LogP contribution in [0, 0.1) is 13.8 Å². The van der Waals surface area contributed by atoms with Crippen molar-refractivity contribution in [2.24, 2.45) is 0 Å². The van der Waals surface area contributed by atoms with Gasteiger partial charge in [0.25, 0.3) is 0 Å². The summed E-state index contributed by atoms with van der Waals surface area (Å²) in [5.74, 6) is 0.795. The van der Waals surface area contributed by atoms with E-state index in [1.165, 1.54) is 6.92 Å². The number of Topliss-reactive ketones (excluding diaryl/α,β-unsaturated/α-hetero) is 1. The summed E-state index contributed by atoms with van der Waals surface area (Å²) in [5.41, 5.74) is 2.87. The Kier molecular flexibility index (Phi) is 5.93. The van der Waals surface area contributed by atoms with Gasteiger partial charge < -0.3 is 9.84 Å². The summed E-state index contributed by atoms with van der Waals surface area (Å²) < 4.78 is 6.90. The minimum atomic E-state index is -0.107. The summed E-state index contributed by atoms with van der Waals surface area (Å²) in [7, 11) is 0. The highest BCUT2D eigenvalue weighted by molar-refractivity contribution is 5.96. The van der Waals surface area contributed by atoms with Gasteiger partial charge in [0.05, 0.1) is 11.3 Å². The van der Waals surface area contributed by atoms with Gasteiger partial charge in [0, 0.05) is 49.6 Å². The molecule has 0 fully saturated rings. The third kappa shape index (κ3) is 4.48. The summed E-state index contributed by atoms with van der Waals surface area (Å²) in [6, 6.07) is 3.65. The summed E-state index contributed by atoms with van der Waals surface area (Å²) >= 11 is 0. The monoisotopic (exact) mass is 382 g/mol. The average molecular weight is 382 g/mol. The molecule has 0 saturated heterocycles. The topological polar surface area (TPSA) is 116 Å². The van der Waals surface area contributed by atoms with E-state index in [0.29, 0.717) is 42.5 Å². The fraction of sp³-hybridized carbons (Fsp3) is 0.368. The van der Waals surface area contributed by atoms with Crippen LogP contribution in [-0.4, -0.2) is 43.1 Å². The quantitative estimate of drug-likeness (QED) is 0.591. The van der Waals surface area contributed by atoms with Gasteiger partial charge in [-0.25, -0.2) is 0 Å². The van der Waals surface area contributed by atoms with Crippen molar-refractivity contribution < 1.29 is 14.1 Å². The Balaban J connectivity index is 1.46. The molecule has 0 aliphatic carbocycles. The van der Waals surface area contributed by atoms with Crippen molar-refractivity contribution in [1.82, 2.24) is 30.2 Å². The second-order valence-electron chi connectivity index (χ2n) is 6.43. The Bertz CT molecular complexity index is 977. The number of pyridine rings is 1. The molecule has 0 radical (unpaired) electrons. The van der Waals surface area contributed by atoms with Crippen LogP contribution in [0.25, 0.3) is 11.4 Å². The van der Waals surface area contributed by atoms with E-state index in [4.69, 9.17) is 4.52 Å². The molecule has 3 aromatic heterocycles. The van der Waals surface area contributed by atoms with Gasteiger partial charge in [-0.05, 0) is 32.9 Å². The Labute approximate surface area is 162 Å². The van der Waals surface area contributed by atoms with Gasteiger partial charge in [-0.1, -0.05) is 5.16 Å². The second-order valence-corrected chi connectivity index (χ2v) is 6.43. The predicted octanol–water partition coefficient (Wildman–Crippen LogP) is 1.90. The van der Waals surface area contributed by atoms with Crippen molar-refractivity contribution in [1.29, 1.82) is 0 Å². The number of hydrogen-bond donors (Lipinski definition) is 1. The van der Waals surface area contributed by atoms with E-state index >= 15 is 0 Å². The molecule has 0 aliphatic heterocycles. The zero-order chi connectivity index (χ0) is 20.1. The van der Waals surface area contributed by atoms with E-state index in [2.05, 4.69) is 25.5 Å².